The Morgan fingerprint density at radius 2 is 2.06 bits per heavy atom. The molecule has 0 spiro atoms. The molecule has 2 rings (SSSR count). The van der Waals surface area contributed by atoms with Crippen LogP contribution in [0.25, 0.3) is 11.1 Å². The number of aromatic nitrogens is 1. The number of hydrogen-bond donors (Lipinski definition) is 2. The molecular weight excluding hydrogens is 228 g/mol. The monoisotopic (exact) mass is 237 g/mol. The van der Waals surface area contributed by atoms with Crippen LogP contribution in [-0.2, 0) is 0 Å². The van der Waals surface area contributed by atoms with Gasteiger partial charge in [0.15, 0.2) is 0 Å². The second-order valence-corrected chi connectivity index (χ2v) is 3.87. The Kier molecular flexibility index (Phi) is 2.87. The van der Waals surface area contributed by atoms with Crippen molar-refractivity contribution in [1.82, 2.24) is 4.98 Å². The summed E-state index contributed by atoms with van der Waals surface area (Å²) in [6, 6.07) is 5.29. The number of aromatic amines is 1. The van der Waals surface area contributed by atoms with Crippen molar-refractivity contribution in [2.24, 2.45) is 0 Å². The molecule has 0 fully saturated rings. The number of aryl methyl sites for hydroxylation is 1. The van der Waals surface area contributed by atoms with Crippen LogP contribution in [-0.4, -0.2) is 10.2 Å². The number of hydrogen-bond acceptors (Lipinski definition) is 3. The number of benzene rings is 1. The van der Waals surface area contributed by atoms with E-state index in [0.29, 0.717) is 21.7 Å². The molecule has 4 nitrogen and oxygen atoms in total. The average molecular weight is 238 g/mol. The molecule has 0 aliphatic rings. The quantitative estimate of drug-likeness (QED) is 0.788. The lowest BCUT2D eigenvalue weighted by molar-refractivity contribution is 0.296. The SMILES string of the molecule is Cc1cccc(-c2c[nH]cc2Cl)c1N([O-])O. The van der Waals surface area contributed by atoms with E-state index >= 15 is 0 Å². The van der Waals surface area contributed by atoms with Gasteiger partial charge in [0, 0.05) is 23.5 Å². The summed E-state index contributed by atoms with van der Waals surface area (Å²) >= 11 is 5.97. The smallest absolute Gasteiger partial charge is 0.0659 e. The minimum absolute atomic E-state index is 0.131. The number of halogens is 1. The third kappa shape index (κ3) is 1.78. The summed E-state index contributed by atoms with van der Waals surface area (Å²) in [4.78, 5) is 2.85. The highest BCUT2D eigenvalue weighted by Crippen LogP contribution is 2.36. The van der Waals surface area contributed by atoms with Gasteiger partial charge >= 0.3 is 0 Å². The zero-order valence-electron chi connectivity index (χ0n) is 8.57. The Bertz CT molecular complexity index is 508. The lowest BCUT2D eigenvalue weighted by atomic mass is 10.0. The van der Waals surface area contributed by atoms with E-state index in [1.54, 1.807) is 37.5 Å². The van der Waals surface area contributed by atoms with E-state index in [9.17, 15) is 5.21 Å². The molecule has 0 aliphatic carbocycles. The fraction of sp³-hybridized carbons (Fsp3) is 0.0909. The molecule has 1 heterocycles. The first-order valence-electron chi connectivity index (χ1n) is 4.69. The van der Waals surface area contributed by atoms with Crippen molar-refractivity contribution in [3.05, 3.63) is 46.4 Å². The van der Waals surface area contributed by atoms with Gasteiger partial charge in [0.2, 0.25) is 0 Å². The molecule has 84 valence electrons. The van der Waals surface area contributed by atoms with Crippen LogP contribution < -0.4 is 5.23 Å². The molecule has 0 radical (unpaired) electrons. The number of para-hydroxylation sites is 1. The van der Waals surface area contributed by atoms with Crippen LogP contribution >= 0.6 is 11.6 Å². The predicted octanol–water partition coefficient (Wildman–Crippen LogP) is 3.34. The van der Waals surface area contributed by atoms with Gasteiger partial charge in [0.05, 0.1) is 10.7 Å². The molecule has 2 aromatic rings. The van der Waals surface area contributed by atoms with Gasteiger partial charge < -0.3 is 15.4 Å². The lowest BCUT2D eigenvalue weighted by Gasteiger charge is -2.26. The van der Waals surface area contributed by atoms with Crippen molar-refractivity contribution in [2.75, 3.05) is 5.23 Å². The topological polar surface area (TPSA) is 62.3 Å². The van der Waals surface area contributed by atoms with E-state index < -0.39 is 0 Å². The summed E-state index contributed by atoms with van der Waals surface area (Å²) in [5.74, 6) is 0. The Morgan fingerprint density at radius 1 is 1.31 bits per heavy atom. The van der Waals surface area contributed by atoms with E-state index in [4.69, 9.17) is 16.8 Å². The third-order valence-corrected chi connectivity index (χ3v) is 2.73. The summed E-state index contributed by atoms with van der Waals surface area (Å²) in [6.45, 7) is 1.75. The molecule has 0 atom stereocenters. The lowest BCUT2D eigenvalue weighted by Crippen LogP contribution is -2.10. The summed E-state index contributed by atoms with van der Waals surface area (Å²) < 4.78 is 0. The fourth-order valence-corrected chi connectivity index (χ4v) is 1.90. The molecule has 0 amide bonds. The number of nitrogens with one attached hydrogen (secondary N) is 1. The van der Waals surface area contributed by atoms with E-state index in [0.717, 1.165) is 0 Å². The first kappa shape index (κ1) is 11.0. The Hall–Kier alpha value is -1.49. The highest BCUT2D eigenvalue weighted by atomic mass is 35.5. The summed E-state index contributed by atoms with van der Waals surface area (Å²) in [6.07, 6.45) is 3.31. The second-order valence-electron chi connectivity index (χ2n) is 3.46. The molecule has 5 heteroatoms. The van der Waals surface area contributed by atoms with Gasteiger partial charge in [0.25, 0.3) is 0 Å². The zero-order chi connectivity index (χ0) is 11.7. The predicted molar refractivity (Wildman–Crippen MR) is 63.6 cm³/mol. The maximum absolute atomic E-state index is 11.1. The molecule has 0 bridgehead atoms. The highest BCUT2D eigenvalue weighted by molar-refractivity contribution is 6.33. The summed E-state index contributed by atoms with van der Waals surface area (Å²) in [5.41, 5.74) is 2.19. The fourth-order valence-electron chi connectivity index (χ4n) is 1.68. The van der Waals surface area contributed by atoms with E-state index in [1.165, 1.54) is 0 Å². The minimum Gasteiger partial charge on any atom is -0.733 e. The van der Waals surface area contributed by atoms with Gasteiger partial charge in [-0.15, -0.1) is 0 Å². The Labute approximate surface area is 97.6 Å². The van der Waals surface area contributed by atoms with Crippen LogP contribution in [0.1, 0.15) is 5.56 Å². The van der Waals surface area contributed by atoms with Crippen LogP contribution in [0.2, 0.25) is 5.02 Å². The number of nitrogens with zero attached hydrogens (tertiary/aromatic N) is 1. The molecule has 0 unspecified atom stereocenters. The van der Waals surface area contributed by atoms with Gasteiger partial charge in [-0.05, 0) is 12.5 Å². The first-order chi connectivity index (χ1) is 7.61. The number of rotatable bonds is 2. The van der Waals surface area contributed by atoms with Crippen molar-refractivity contribution in [3.63, 3.8) is 0 Å². The zero-order valence-corrected chi connectivity index (χ0v) is 9.32. The van der Waals surface area contributed by atoms with Crippen molar-refractivity contribution in [1.29, 1.82) is 0 Å². The average Bonchev–Trinajstić information content (AvgIpc) is 2.63. The maximum atomic E-state index is 11.1. The molecule has 0 aliphatic heterocycles. The van der Waals surface area contributed by atoms with Crippen LogP contribution in [0.4, 0.5) is 5.69 Å². The standard InChI is InChI=1S/C11H10ClN2O2/c1-7-3-2-4-8(11(7)14(15)16)9-5-13-6-10(9)12/h2-6,13,15H,1H3/q-1. The minimum atomic E-state index is -0.131. The summed E-state index contributed by atoms with van der Waals surface area (Å²) in [7, 11) is 0. The van der Waals surface area contributed by atoms with Gasteiger partial charge in [-0.3, -0.25) is 5.21 Å². The van der Waals surface area contributed by atoms with E-state index in [1.807, 2.05) is 0 Å². The first-order valence-corrected chi connectivity index (χ1v) is 5.07. The van der Waals surface area contributed by atoms with Crippen LogP contribution in [0.5, 0.6) is 0 Å². The number of H-pyrrole nitrogens is 1. The van der Waals surface area contributed by atoms with E-state index in [2.05, 4.69) is 4.98 Å². The van der Waals surface area contributed by atoms with Crippen LogP contribution in [0.15, 0.2) is 30.6 Å². The molecule has 1 aromatic carbocycles. The van der Waals surface area contributed by atoms with E-state index in [-0.39, 0.29) is 10.9 Å². The van der Waals surface area contributed by atoms with Gasteiger partial charge in [-0.2, -0.15) is 0 Å². The third-order valence-electron chi connectivity index (χ3n) is 2.41. The van der Waals surface area contributed by atoms with Crippen LogP contribution in [0.3, 0.4) is 0 Å². The van der Waals surface area contributed by atoms with Crippen molar-refractivity contribution in [3.8, 4) is 11.1 Å². The normalized spacial score (nSPS) is 10.5. The molecule has 0 saturated carbocycles. The molecular formula is C11H10ClN2O2-. The molecule has 1 aromatic heterocycles. The van der Waals surface area contributed by atoms with Gasteiger partial charge in [0.1, 0.15) is 0 Å². The molecule has 2 N–H and O–H groups in total. The number of anilines is 1. The summed E-state index contributed by atoms with van der Waals surface area (Å²) in [5, 5.41) is 20.6. The van der Waals surface area contributed by atoms with Crippen molar-refractivity contribution >= 4 is 17.3 Å². The molecule has 16 heavy (non-hydrogen) atoms. The second kappa shape index (κ2) is 4.17. The Balaban J connectivity index is 2.66. The highest BCUT2D eigenvalue weighted by Gasteiger charge is 2.11. The largest absolute Gasteiger partial charge is 0.733 e. The Morgan fingerprint density at radius 3 is 2.62 bits per heavy atom. The van der Waals surface area contributed by atoms with Crippen molar-refractivity contribution < 1.29 is 5.21 Å². The van der Waals surface area contributed by atoms with Crippen LogP contribution in [0, 0.1) is 12.1 Å². The van der Waals surface area contributed by atoms with Gasteiger partial charge in [-0.1, -0.05) is 29.8 Å². The maximum Gasteiger partial charge on any atom is 0.0659 e. The van der Waals surface area contributed by atoms with Gasteiger partial charge in [-0.25, -0.2) is 0 Å². The van der Waals surface area contributed by atoms with Crippen molar-refractivity contribution in [2.45, 2.75) is 6.92 Å². The molecule has 0 saturated heterocycles.